The zero-order valence-corrected chi connectivity index (χ0v) is 24.6. The molecule has 6 aromatic heterocycles. The van der Waals surface area contributed by atoms with Gasteiger partial charge in [0.2, 0.25) is 0 Å². The molecule has 0 fully saturated rings. The number of pyridine rings is 6. The summed E-state index contributed by atoms with van der Waals surface area (Å²) in [6, 6.07) is 28.2. The molecule has 0 amide bonds. The first-order valence-corrected chi connectivity index (χ1v) is 12.7. The molecule has 0 saturated carbocycles. The Morgan fingerprint density at radius 1 is 0.372 bits per heavy atom. The van der Waals surface area contributed by atoms with Gasteiger partial charge in [-0.3, -0.25) is 29.9 Å². The summed E-state index contributed by atoms with van der Waals surface area (Å²) in [6.07, 6.45) is 26.0. The normalized spacial score (nSPS) is 9.14. The van der Waals surface area contributed by atoms with Gasteiger partial charge >= 0.3 is 0 Å². The molecule has 0 saturated heterocycles. The van der Waals surface area contributed by atoms with Gasteiger partial charge in [-0.2, -0.15) is 0 Å². The molecule has 0 radical (unpaired) electrons. The quantitative estimate of drug-likeness (QED) is 0.165. The zero-order valence-electron chi connectivity index (χ0n) is 22.9. The van der Waals surface area contributed by atoms with Gasteiger partial charge in [0, 0.05) is 73.3 Å². The number of nitrogens with zero attached hydrogens (tertiary/aromatic N) is 6. The Labute approximate surface area is 264 Å². The van der Waals surface area contributed by atoms with Gasteiger partial charge in [-0.25, -0.2) is 0 Å². The van der Waals surface area contributed by atoms with Crippen molar-refractivity contribution in [2.75, 3.05) is 0 Å². The molecule has 0 unspecified atom stereocenters. The number of rotatable bonds is 3. The molecule has 0 aliphatic carbocycles. The fourth-order valence-electron chi connectivity index (χ4n) is 3.46. The second kappa shape index (κ2) is 17.1. The minimum atomic E-state index is 0. The summed E-state index contributed by atoms with van der Waals surface area (Å²) in [4.78, 5) is 25.2. The summed E-state index contributed by atoms with van der Waals surface area (Å²) in [7, 11) is 0. The van der Waals surface area contributed by atoms with Crippen LogP contribution in [-0.4, -0.2) is 29.9 Å². The van der Waals surface area contributed by atoms with Crippen LogP contribution in [0.15, 0.2) is 128 Å². The van der Waals surface area contributed by atoms with Crippen LogP contribution in [-0.2, 0) is 19.5 Å². The van der Waals surface area contributed by atoms with Crippen LogP contribution in [0, 0.1) is 37.0 Å². The molecular weight excluding hydrogens is 618 g/mol. The SMILES string of the molecule is C#Cc1ccc(-c2ccccn2)nc1.C#Cc1ccc(-c2ccccn2)nc1.C#Cc1ccnc(-c2ccccn2)c1.[Ru]. The van der Waals surface area contributed by atoms with Crippen molar-refractivity contribution in [3.8, 4) is 71.2 Å². The smallest absolute Gasteiger partial charge is 0.0898 e. The van der Waals surface area contributed by atoms with Crippen LogP contribution >= 0.6 is 0 Å². The molecule has 0 bridgehead atoms. The van der Waals surface area contributed by atoms with Crippen LogP contribution in [0.1, 0.15) is 16.7 Å². The number of terminal acetylenes is 3. The van der Waals surface area contributed by atoms with E-state index in [-0.39, 0.29) is 19.5 Å². The summed E-state index contributed by atoms with van der Waals surface area (Å²) in [5, 5.41) is 0. The van der Waals surface area contributed by atoms with E-state index in [0.717, 1.165) is 50.9 Å². The fraction of sp³-hybridized carbons (Fsp3) is 0. The Morgan fingerprint density at radius 2 is 0.767 bits per heavy atom. The van der Waals surface area contributed by atoms with Crippen molar-refractivity contribution in [1.29, 1.82) is 0 Å². The predicted molar refractivity (Wildman–Crippen MR) is 166 cm³/mol. The van der Waals surface area contributed by atoms with E-state index in [1.807, 2.05) is 84.9 Å². The number of aromatic nitrogens is 6. The van der Waals surface area contributed by atoms with E-state index in [2.05, 4.69) is 47.7 Å². The summed E-state index contributed by atoms with van der Waals surface area (Å²) < 4.78 is 0. The van der Waals surface area contributed by atoms with Gasteiger partial charge in [-0.05, 0) is 72.8 Å². The molecule has 0 aliphatic heterocycles. The molecular formula is C36H24N6Ru. The van der Waals surface area contributed by atoms with Gasteiger partial charge < -0.3 is 0 Å². The van der Waals surface area contributed by atoms with Crippen molar-refractivity contribution < 1.29 is 19.5 Å². The Bertz CT molecular complexity index is 1730. The van der Waals surface area contributed by atoms with Crippen molar-refractivity contribution >= 4 is 0 Å². The van der Waals surface area contributed by atoms with Gasteiger partial charge in [0.25, 0.3) is 0 Å². The first kappa shape index (κ1) is 31.7. The standard InChI is InChI=1S/3C12H8N2.Ru/c2*1-2-10-6-7-12(14-9-10)11-5-3-4-8-13-11;1-2-10-6-8-14-12(9-10)11-5-3-4-7-13-11;/h3*1,3-9H;. The fourth-order valence-corrected chi connectivity index (χ4v) is 3.46. The third-order valence-corrected chi connectivity index (χ3v) is 5.57. The van der Waals surface area contributed by atoms with E-state index in [1.165, 1.54) is 0 Å². The van der Waals surface area contributed by atoms with Crippen LogP contribution in [0.5, 0.6) is 0 Å². The van der Waals surface area contributed by atoms with Crippen molar-refractivity contribution in [2.45, 2.75) is 0 Å². The topological polar surface area (TPSA) is 77.3 Å². The number of hydrogen-bond acceptors (Lipinski definition) is 6. The number of hydrogen-bond donors (Lipinski definition) is 0. The second-order valence-electron chi connectivity index (χ2n) is 8.37. The van der Waals surface area contributed by atoms with Crippen LogP contribution in [0.25, 0.3) is 34.2 Å². The second-order valence-corrected chi connectivity index (χ2v) is 8.37. The summed E-state index contributed by atoms with van der Waals surface area (Å²) >= 11 is 0. The van der Waals surface area contributed by atoms with Gasteiger partial charge in [0.15, 0.2) is 0 Å². The van der Waals surface area contributed by atoms with Crippen LogP contribution < -0.4 is 0 Å². The summed E-state index contributed by atoms with van der Waals surface area (Å²) in [6.45, 7) is 0. The molecule has 6 rings (SSSR count). The molecule has 6 aromatic rings. The third-order valence-electron chi connectivity index (χ3n) is 5.57. The maximum atomic E-state index is 5.30. The third kappa shape index (κ3) is 9.66. The summed E-state index contributed by atoms with van der Waals surface area (Å²) in [5.41, 5.74) is 7.42. The molecule has 0 aromatic carbocycles. The van der Waals surface area contributed by atoms with Gasteiger partial charge in [0.05, 0.1) is 34.2 Å². The minimum absolute atomic E-state index is 0. The molecule has 0 N–H and O–H groups in total. The maximum absolute atomic E-state index is 5.30. The van der Waals surface area contributed by atoms with Crippen LogP contribution in [0.2, 0.25) is 0 Å². The monoisotopic (exact) mass is 642 g/mol. The van der Waals surface area contributed by atoms with Gasteiger partial charge in [-0.1, -0.05) is 36.0 Å². The van der Waals surface area contributed by atoms with E-state index in [4.69, 9.17) is 19.3 Å². The Hall–Kier alpha value is -5.80. The predicted octanol–water partition coefficient (Wildman–Crippen LogP) is 6.37. The van der Waals surface area contributed by atoms with Crippen LogP contribution in [0.4, 0.5) is 0 Å². The Balaban J connectivity index is 0.000000175. The van der Waals surface area contributed by atoms with Crippen molar-refractivity contribution in [3.63, 3.8) is 0 Å². The molecule has 206 valence electrons. The largest absolute Gasteiger partial charge is 0.255 e. The first-order chi connectivity index (χ1) is 20.7. The Morgan fingerprint density at radius 3 is 1.12 bits per heavy atom. The maximum Gasteiger partial charge on any atom is 0.0898 e. The van der Waals surface area contributed by atoms with Crippen molar-refractivity contribution in [2.24, 2.45) is 0 Å². The van der Waals surface area contributed by atoms with Gasteiger partial charge in [-0.15, -0.1) is 19.3 Å². The van der Waals surface area contributed by atoms with E-state index in [9.17, 15) is 0 Å². The molecule has 7 heteroatoms. The molecule has 0 aliphatic rings. The summed E-state index contributed by atoms with van der Waals surface area (Å²) in [5.74, 6) is 7.61. The van der Waals surface area contributed by atoms with Crippen LogP contribution in [0.3, 0.4) is 0 Å². The molecule has 0 spiro atoms. The first-order valence-electron chi connectivity index (χ1n) is 12.7. The van der Waals surface area contributed by atoms with Crippen molar-refractivity contribution in [1.82, 2.24) is 29.9 Å². The zero-order chi connectivity index (χ0) is 29.4. The van der Waals surface area contributed by atoms with E-state index < -0.39 is 0 Å². The minimum Gasteiger partial charge on any atom is -0.255 e. The van der Waals surface area contributed by atoms with Gasteiger partial charge in [0.1, 0.15) is 0 Å². The molecule has 0 atom stereocenters. The van der Waals surface area contributed by atoms with E-state index >= 15 is 0 Å². The van der Waals surface area contributed by atoms with E-state index in [0.29, 0.717) is 0 Å². The Kier molecular flexibility index (Phi) is 12.6. The van der Waals surface area contributed by atoms with Crippen molar-refractivity contribution in [3.05, 3.63) is 145 Å². The molecule has 6 nitrogen and oxygen atoms in total. The van der Waals surface area contributed by atoms with E-state index in [1.54, 1.807) is 43.2 Å². The average molecular weight is 642 g/mol. The molecule has 6 heterocycles. The average Bonchev–Trinajstić information content (AvgIpc) is 3.10. The molecule has 43 heavy (non-hydrogen) atoms.